The molecular weight excluding hydrogens is 282 g/mol. The number of amides is 2. The van der Waals surface area contributed by atoms with Crippen molar-refractivity contribution in [2.24, 2.45) is 0 Å². The number of hydrogen-bond acceptors (Lipinski definition) is 4. The fourth-order valence-electron chi connectivity index (χ4n) is 1.81. The molecule has 4 N–H and O–H groups in total. The zero-order valence-corrected chi connectivity index (χ0v) is 12.1. The third-order valence-corrected chi connectivity index (χ3v) is 2.92. The molecule has 114 valence electrons. The minimum absolute atomic E-state index is 0.198. The lowest BCUT2D eigenvalue weighted by Gasteiger charge is -2.10. The SMILES string of the molecule is CNC(=O)c1ccc(N)c(OCC(=O)Nc2ccccc2)c1. The molecule has 0 saturated heterocycles. The highest BCUT2D eigenvalue weighted by Gasteiger charge is 2.10. The van der Waals surface area contributed by atoms with Crippen LogP contribution in [0.1, 0.15) is 10.4 Å². The Kier molecular flexibility index (Phi) is 4.98. The number of nitrogens with one attached hydrogen (secondary N) is 2. The smallest absolute Gasteiger partial charge is 0.262 e. The van der Waals surface area contributed by atoms with Gasteiger partial charge >= 0.3 is 0 Å². The first kappa shape index (κ1) is 15.4. The van der Waals surface area contributed by atoms with Crippen LogP contribution in [-0.4, -0.2) is 25.5 Å². The van der Waals surface area contributed by atoms with Gasteiger partial charge in [-0.05, 0) is 30.3 Å². The van der Waals surface area contributed by atoms with E-state index in [1.165, 1.54) is 13.1 Å². The van der Waals surface area contributed by atoms with Gasteiger partial charge in [-0.25, -0.2) is 0 Å². The number of ether oxygens (including phenoxy) is 1. The van der Waals surface area contributed by atoms with Gasteiger partial charge < -0.3 is 21.1 Å². The number of rotatable bonds is 5. The van der Waals surface area contributed by atoms with E-state index in [-0.39, 0.29) is 18.4 Å². The molecule has 0 aliphatic heterocycles. The third-order valence-electron chi connectivity index (χ3n) is 2.92. The highest BCUT2D eigenvalue weighted by atomic mass is 16.5. The second-order valence-electron chi connectivity index (χ2n) is 4.53. The molecule has 0 spiro atoms. The summed E-state index contributed by atoms with van der Waals surface area (Å²) in [5.74, 6) is -0.265. The molecule has 0 aliphatic carbocycles. The average molecular weight is 299 g/mol. The van der Waals surface area contributed by atoms with Gasteiger partial charge in [-0.3, -0.25) is 9.59 Å². The second kappa shape index (κ2) is 7.12. The van der Waals surface area contributed by atoms with Crippen molar-refractivity contribution in [2.75, 3.05) is 24.7 Å². The van der Waals surface area contributed by atoms with Crippen molar-refractivity contribution in [3.8, 4) is 5.75 Å². The highest BCUT2D eigenvalue weighted by Crippen LogP contribution is 2.22. The van der Waals surface area contributed by atoms with E-state index in [4.69, 9.17) is 10.5 Å². The number of hydrogen-bond donors (Lipinski definition) is 3. The lowest BCUT2D eigenvalue weighted by atomic mass is 10.2. The van der Waals surface area contributed by atoms with Gasteiger partial charge in [0.05, 0.1) is 5.69 Å². The molecule has 0 atom stereocenters. The summed E-state index contributed by atoms with van der Waals surface area (Å²) in [6.45, 7) is -0.198. The van der Waals surface area contributed by atoms with E-state index < -0.39 is 0 Å². The van der Waals surface area contributed by atoms with Gasteiger partial charge in [0.2, 0.25) is 0 Å². The molecule has 2 aromatic rings. The van der Waals surface area contributed by atoms with Crippen LogP contribution in [0.4, 0.5) is 11.4 Å². The summed E-state index contributed by atoms with van der Waals surface area (Å²) in [5.41, 5.74) is 7.24. The van der Waals surface area contributed by atoms with Gasteiger partial charge in [0.25, 0.3) is 11.8 Å². The standard InChI is InChI=1S/C16H17N3O3/c1-18-16(21)11-7-8-13(17)14(9-11)22-10-15(20)19-12-5-3-2-4-6-12/h2-9H,10,17H2,1H3,(H,18,21)(H,19,20). The summed E-state index contributed by atoms with van der Waals surface area (Å²) >= 11 is 0. The molecule has 6 nitrogen and oxygen atoms in total. The Morgan fingerprint density at radius 3 is 2.55 bits per heavy atom. The first-order chi connectivity index (χ1) is 10.6. The van der Waals surface area contributed by atoms with Crippen LogP contribution in [0.2, 0.25) is 0 Å². The van der Waals surface area contributed by atoms with Crippen molar-refractivity contribution in [3.63, 3.8) is 0 Å². The largest absolute Gasteiger partial charge is 0.482 e. The molecule has 2 amide bonds. The quantitative estimate of drug-likeness (QED) is 0.732. The fourth-order valence-corrected chi connectivity index (χ4v) is 1.81. The number of benzene rings is 2. The summed E-state index contributed by atoms with van der Waals surface area (Å²) < 4.78 is 5.39. The van der Waals surface area contributed by atoms with E-state index in [1.807, 2.05) is 18.2 Å². The Morgan fingerprint density at radius 2 is 1.86 bits per heavy atom. The van der Waals surface area contributed by atoms with E-state index in [9.17, 15) is 9.59 Å². The lowest BCUT2D eigenvalue weighted by molar-refractivity contribution is -0.118. The molecule has 0 fully saturated rings. The van der Waals surface area contributed by atoms with Crippen molar-refractivity contribution in [2.45, 2.75) is 0 Å². The van der Waals surface area contributed by atoms with Crippen molar-refractivity contribution in [1.29, 1.82) is 0 Å². The highest BCUT2D eigenvalue weighted by molar-refractivity contribution is 5.95. The van der Waals surface area contributed by atoms with Crippen molar-refractivity contribution in [1.82, 2.24) is 5.32 Å². The summed E-state index contributed by atoms with van der Waals surface area (Å²) in [4.78, 5) is 23.4. The Hall–Kier alpha value is -3.02. The molecular formula is C16H17N3O3. The molecule has 22 heavy (non-hydrogen) atoms. The molecule has 2 aromatic carbocycles. The Bertz CT molecular complexity index is 672. The number of para-hydroxylation sites is 1. The minimum atomic E-state index is -0.309. The Balaban J connectivity index is 1.99. The normalized spacial score (nSPS) is 9.86. The topological polar surface area (TPSA) is 93.5 Å². The van der Waals surface area contributed by atoms with Crippen LogP contribution < -0.4 is 21.1 Å². The zero-order valence-electron chi connectivity index (χ0n) is 12.1. The van der Waals surface area contributed by atoms with Gasteiger partial charge in [0.1, 0.15) is 5.75 Å². The van der Waals surface area contributed by atoms with E-state index in [2.05, 4.69) is 10.6 Å². The second-order valence-corrected chi connectivity index (χ2v) is 4.53. The third kappa shape index (κ3) is 3.99. The van der Waals surface area contributed by atoms with Crippen LogP contribution in [-0.2, 0) is 4.79 Å². The van der Waals surface area contributed by atoms with Crippen LogP contribution in [0.5, 0.6) is 5.75 Å². The minimum Gasteiger partial charge on any atom is -0.482 e. The first-order valence-electron chi connectivity index (χ1n) is 6.69. The van der Waals surface area contributed by atoms with Gasteiger partial charge in [-0.15, -0.1) is 0 Å². The Labute approximate surface area is 128 Å². The van der Waals surface area contributed by atoms with Crippen molar-refractivity contribution >= 4 is 23.2 Å². The maximum absolute atomic E-state index is 11.8. The molecule has 0 bridgehead atoms. The number of anilines is 2. The molecule has 0 unspecified atom stereocenters. The summed E-state index contributed by atoms with van der Waals surface area (Å²) in [7, 11) is 1.53. The monoisotopic (exact) mass is 299 g/mol. The average Bonchev–Trinajstić information content (AvgIpc) is 2.54. The van der Waals surface area contributed by atoms with Crippen LogP contribution >= 0.6 is 0 Å². The van der Waals surface area contributed by atoms with Crippen LogP contribution in [0.25, 0.3) is 0 Å². The predicted molar refractivity (Wildman–Crippen MR) is 84.8 cm³/mol. The zero-order chi connectivity index (χ0) is 15.9. The van der Waals surface area contributed by atoms with E-state index in [0.717, 1.165) is 0 Å². The van der Waals surface area contributed by atoms with E-state index >= 15 is 0 Å². The predicted octanol–water partition coefficient (Wildman–Crippen LogP) is 1.65. The molecule has 0 aromatic heterocycles. The summed E-state index contributed by atoms with van der Waals surface area (Å²) in [6.07, 6.45) is 0. The maximum atomic E-state index is 11.8. The lowest BCUT2D eigenvalue weighted by Crippen LogP contribution is -2.21. The van der Waals surface area contributed by atoms with E-state index in [1.54, 1.807) is 24.3 Å². The number of nitrogens with two attached hydrogens (primary N) is 1. The number of carbonyl (C=O) groups excluding carboxylic acids is 2. The van der Waals surface area contributed by atoms with Crippen LogP contribution in [0.3, 0.4) is 0 Å². The number of carbonyl (C=O) groups is 2. The van der Waals surface area contributed by atoms with Gasteiger partial charge in [0, 0.05) is 18.3 Å². The van der Waals surface area contributed by atoms with Gasteiger partial charge in [0.15, 0.2) is 6.61 Å². The van der Waals surface area contributed by atoms with Gasteiger partial charge in [-0.2, -0.15) is 0 Å². The van der Waals surface area contributed by atoms with Crippen LogP contribution in [0.15, 0.2) is 48.5 Å². The van der Waals surface area contributed by atoms with Crippen molar-refractivity contribution < 1.29 is 14.3 Å². The first-order valence-corrected chi connectivity index (χ1v) is 6.69. The van der Waals surface area contributed by atoms with Gasteiger partial charge in [-0.1, -0.05) is 18.2 Å². The molecule has 0 saturated carbocycles. The summed E-state index contributed by atoms with van der Waals surface area (Å²) in [5, 5.41) is 5.21. The molecule has 0 radical (unpaired) electrons. The molecule has 0 heterocycles. The van der Waals surface area contributed by atoms with Crippen molar-refractivity contribution in [3.05, 3.63) is 54.1 Å². The molecule has 0 aliphatic rings. The Morgan fingerprint density at radius 1 is 1.14 bits per heavy atom. The summed E-state index contributed by atoms with van der Waals surface area (Å²) in [6, 6.07) is 13.7. The fraction of sp³-hybridized carbons (Fsp3) is 0.125. The van der Waals surface area contributed by atoms with E-state index in [0.29, 0.717) is 22.7 Å². The number of nitrogen functional groups attached to an aromatic ring is 1. The molecule has 2 rings (SSSR count). The maximum Gasteiger partial charge on any atom is 0.262 e. The molecule has 6 heteroatoms. The van der Waals surface area contributed by atoms with Crippen LogP contribution in [0, 0.1) is 0 Å².